The van der Waals surface area contributed by atoms with E-state index in [-0.39, 0.29) is 12.2 Å². The van der Waals surface area contributed by atoms with Crippen molar-refractivity contribution in [3.8, 4) is 5.75 Å². The van der Waals surface area contributed by atoms with Gasteiger partial charge in [0, 0.05) is 15.5 Å². The number of rotatable bonds is 8. The Morgan fingerprint density at radius 1 is 1.12 bits per heavy atom. The first-order valence-corrected chi connectivity index (χ1v) is 15.1. The molecule has 0 saturated carbocycles. The SMILES string of the molecule is CCOC(=O)C1=C(C)N=c2s/c(=C\c3cccc(OCc4ccccc4Cl)c3)c(=O)n2[C@@H]1c1ccc(SC)cc1. The highest BCUT2D eigenvalue weighted by molar-refractivity contribution is 7.98. The molecule has 0 aliphatic carbocycles. The third kappa shape index (κ3) is 5.80. The third-order valence-corrected chi connectivity index (χ3v) is 8.55. The lowest BCUT2D eigenvalue weighted by Crippen LogP contribution is -2.39. The molecule has 1 aliphatic rings. The lowest BCUT2D eigenvalue weighted by Gasteiger charge is -2.24. The zero-order valence-electron chi connectivity index (χ0n) is 22.2. The average molecular weight is 591 g/mol. The molecule has 2 heterocycles. The van der Waals surface area contributed by atoms with E-state index in [2.05, 4.69) is 4.99 Å². The summed E-state index contributed by atoms with van der Waals surface area (Å²) in [5.74, 6) is 0.189. The molecule has 204 valence electrons. The van der Waals surface area contributed by atoms with E-state index >= 15 is 0 Å². The predicted molar refractivity (Wildman–Crippen MR) is 161 cm³/mol. The maximum Gasteiger partial charge on any atom is 0.338 e. The number of halogens is 1. The molecule has 0 saturated heterocycles. The van der Waals surface area contributed by atoms with E-state index in [9.17, 15) is 9.59 Å². The molecule has 0 fully saturated rings. The van der Waals surface area contributed by atoms with Gasteiger partial charge in [0.25, 0.3) is 5.56 Å². The number of esters is 1. The lowest BCUT2D eigenvalue weighted by molar-refractivity contribution is -0.139. The first kappa shape index (κ1) is 28.0. The van der Waals surface area contributed by atoms with E-state index in [1.807, 2.05) is 85.1 Å². The van der Waals surface area contributed by atoms with Crippen LogP contribution in [0.15, 0.2) is 98.7 Å². The van der Waals surface area contributed by atoms with Crippen LogP contribution in [-0.4, -0.2) is 23.4 Å². The van der Waals surface area contributed by atoms with Gasteiger partial charge in [-0.25, -0.2) is 9.79 Å². The van der Waals surface area contributed by atoms with Crippen LogP contribution < -0.4 is 19.6 Å². The Morgan fingerprint density at radius 3 is 2.62 bits per heavy atom. The Hall–Kier alpha value is -3.59. The first-order valence-electron chi connectivity index (χ1n) is 12.7. The maximum absolute atomic E-state index is 13.8. The van der Waals surface area contributed by atoms with Gasteiger partial charge in [0.05, 0.1) is 28.5 Å². The second-order valence-electron chi connectivity index (χ2n) is 9.03. The van der Waals surface area contributed by atoms with Gasteiger partial charge in [-0.05, 0) is 67.6 Å². The summed E-state index contributed by atoms with van der Waals surface area (Å²) in [4.78, 5) is 33.2. The van der Waals surface area contributed by atoms with Crippen molar-refractivity contribution in [1.82, 2.24) is 4.57 Å². The molecule has 1 aliphatic heterocycles. The van der Waals surface area contributed by atoms with Gasteiger partial charge in [-0.1, -0.05) is 65.4 Å². The monoisotopic (exact) mass is 590 g/mol. The molecule has 0 N–H and O–H groups in total. The molecule has 9 heteroatoms. The largest absolute Gasteiger partial charge is 0.489 e. The van der Waals surface area contributed by atoms with Crippen molar-refractivity contribution in [2.45, 2.75) is 31.4 Å². The Labute approximate surface area is 245 Å². The summed E-state index contributed by atoms with van der Waals surface area (Å²) in [5.41, 5.74) is 3.20. The highest BCUT2D eigenvalue weighted by atomic mass is 35.5. The fourth-order valence-corrected chi connectivity index (χ4v) is 6.16. The van der Waals surface area contributed by atoms with Crippen molar-refractivity contribution < 1.29 is 14.3 Å². The van der Waals surface area contributed by atoms with Crippen LogP contribution in [0.25, 0.3) is 6.08 Å². The van der Waals surface area contributed by atoms with Crippen molar-refractivity contribution in [2.75, 3.05) is 12.9 Å². The number of hydrogen-bond acceptors (Lipinski definition) is 7. The molecule has 4 aromatic rings. The highest BCUT2D eigenvalue weighted by Gasteiger charge is 2.33. The van der Waals surface area contributed by atoms with Crippen LogP contribution in [0, 0.1) is 0 Å². The number of carbonyl (C=O) groups is 1. The van der Waals surface area contributed by atoms with E-state index in [0.717, 1.165) is 21.6 Å². The average Bonchev–Trinajstić information content (AvgIpc) is 3.26. The molecule has 0 unspecified atom stereocenters. The van der Waals surface area contributed by atoms with E-state index < -0.39 is 12.0 Å². The van der Waals surface area contributed by atoms with Gasteiger partial charge in [0.1, 0.15) is 12.4 Å². The number of carbonyl (C=O) groups excluding carboxylic acids is 1. The smallest absolute Gasteiger partial charge is 0.338 e. The molecule has 40 heavy (non-hydrogen) atoms. The summed E-state index contributed by atoms with van der Waals surface area (Å²) < 4.78 is 13.5. The standard InChI is InChI=1S/C31H27ClN2O4S2/c1-4-37-30(36)27-19(2)33-31-34(28(27)21-12-14-24(39-3)15-13-21)29(35)26(40-31)17-20-8-7-10-23(16-20)38-18-22-9-5-6-11-25(22)32/h5-17,28H,4,18H2,1-3H3/b26-17-/t28-/m1/s1. The quantitative estimate of drug-likeness (QED) is 0.193. The molecular formula is C31H27ClN2O4S2. The zero-order valence-corrected chi connectivity index (χ0v) is 24.6. The number of benzene rings is 3. The van der Waals surface area contributed by atoms with E-state index in [4.69, 9.17) is 21.1 Å². The predicted octanol–water partition coefficient (Wildman–Crippen LogP) is 5.75. The second kappa shape index (κ2) is 12.3. The second-order valence-corrected chi connectivity index (χ2v) is 11.3. The van der Waals surface area contributed by atoms with Crippen molar-refractivity contribution in [3.05, 3.63) is 125 Å². The molecule has 5 rings (SSSR count). The van der Waals surface area contributed by atoms with Gasteiger partial charge in [-0.3, -0.25) is 9.36 Å². The van der Waals surface area contributed by atoms with Gasteiger partial charge in [0.2, 0.25) is 0 Å². The molecule has 0 spiro atoms. The van der Waals surface area contributed by atoms with Gasteiger partial charge in [0.15, 0.2) is 4.80 Å². The molecular weight excluding hydrogens is 564 g/mol. The van der Waals surface area contributed by atoms with Crippen LogP contribution in [0.3, 0.4) is 0 Å². The highest BCUT2D eigenvalue weighted by Crippen LogP contribution is 2.31. The van der Waals surface area contributed by atoms with Crippen LogP contribution >= 0.6 is 34.7 Å². The lowest BCUT2D eigenvalue weighted by atomic mass is 9.96. The number of fused-ring (bicyclic) bond motifs is 1. The van der Waals surface area contributed by atoms with E-state index in [1.165, 1.54) is 11.3 Å². The normalized spacial score (nSPS) is 15.0. The maximum atomic E-state index is 13.8. The fraction of sp³-hybridized carbons (Fsp3) is 0.194. The van der Waals surface area contributed by atoms with Crippen molar-refractivity contribution >= 4 is 46.7 Å². The van der Waals surface area contributed by atoms with E-state index in [1.54, 1.807) is 30.2 Å². The summed E-state index contributed by atoms with van der Waals surface area (Å²) in [7, 11) is 0. The van der Waals surface area contributed by atoms with Crippen molar-refractivity contribution in [2.24, 2.45) is 4.99 Å². The molecule has 0 bridgehead atoms. The number of thioether (sulfide) groups is 1. The summed E-state index contributed by atoms with van der Waals surface area (Å²) in [5, 5.41) is 0.648. The fourth-order valence-electron chi connectivity index (χ4n) is 4.52. The molecule has 6 nitrogen and oxygen atoms in total. The summed E-state index contributed by atoms with van der Waals surface area (Å²) in [6.07, 6.45) is 3.83. The Balaban J connectivity index is 1.55. The molecule has 1 aromatic heterocycles. The van der Waals surface area contributed by atoms with Gasteiger partial charge < -0.3 is 9.47 Å². The minimum atomic E-state index is -0.640. The number of nitrogens with zero attached hydrogens (tertiary/aromatic N) is 2. The topological polar surface area (TPSA) is 69.9 Å². The summed E-state index contributed by atoms with van der Waals surface area (Å²) >= 11 is 9.18. The first-order chi connectivity index (χ1) is 19.4. The van der Waals surface area contributed by atoms with Crippen LogP contribution in [0.2, 0.25) is 5.02 Å². The number of allylic oxidation sites excluding steroid dienone is 1. The number of aromatic nitrogens is 1. The minimum absolute atomic E-state index is 0.223. The van der Waals surface area contributed by atoms with Gasteiger partial charge >= 0.3 is 5.97 Å². The number of ether oxygens (including phenoxy) is 2. The van der Waals surface area contributed by atoms with Crippen LogP contribution in [0.4, 0.5) is 0 Å². The van der Waals surface area contributed by atoms with Gasteiger partial charge in [-0.2, -0.15) is 0 Å². The summed E-state index contributed by atoms with van der Waals surface area (Å²) in [6, 6.07) is 22.3. The Bertz CT molecular complexity index is 1770. The van der Waals surface area contributed by atoms with Crippen LogP contribution in [0.5, 0.6) is 5.75 Å². The Morgan fingerprint density at radius 2 is 1.90 bits per heavy atom. The van der Waals surface area contributed by atoms with Crippen LogP contribution in [0.1, 0.15) is 36.6 Å². The Kier molecular flexibility index (Phi) is 8.59. The zero-order chi connectivity index (χ0) is 28.2. The molecule has 0 radical (unpaired) electrons. The van der Waals surface area contributed by atoms with Gasteiger partial charge in [-0.15, -0.1) is 11.8 Å². The van der Waals surface area contributed by atoms with Crippen molar-refractivity contribution in [1.29, 1.82) is 0 Å². The van der Waals surface area contributed by atoms with Crippen molar-refractivity contribution in [3.63, 3.8) is 0 Å². The molecule has 0 amide bonds. The summed E-state index contributed by atoms with van der Waals surface area (Å²) in [6.45, 7) is 4.10. The third-order valence-electron chi connectivity index (χ3n) is 6.46. The molecule has 1 atom stereocenters. The van der Waals surface area contributed by atoms with Crippen LogP contribution in [-0.2, 0) is 16.1 Å². The van der Waals surface area contributed by atoms with E-state index in [0.29, 0.717) is 38.0 Å². The number of hydrogen-bond donors (Lipinski definition) is 0. The minimum Gasteiger partial charge on any atom is -0.489 e. The molecule has 3 aromatic carbocycles. The number of thiazole rings is 1.